The Labute approximate surface area is 98.5 Å². The van der Waals surface area contributed by atoms with Gasteiger partial charge in [-0.05, 0) is 29.8 Å². The first-order valence-electron chi connectivity index (χ1n) is 5.13. The van der Waals surface area contributed by atoms with Crippen molar-refractivity contribution in [2.24, 2.45) is 0 Å². The number of methoxy groups -OCH3 is 1. The first-order chi connectivity index (χ1) is 8.24. The van der Waals surface area contributed by atoms with E-state index in [-0.39, 0.29) is 12.4 Å². The van der Waals surface area contributed by atoms with Crippen molar-refractivity contribution < 1.29 is 14.2 Å². The summed E-state index contributed by atoms with van der Waals surface area (Å²) in [4.78, 5) is 3.96. The summed E-state index contributed by atoms with van der Waals surface area (Å²) in [5.41, 5.74) is 1.67. The number of aliphatic hydroxyl groups is 1. The number of aromatic nitrogens is 1. The molecule has 0 amide bonds. The van der Waals surface area contributed by atoms with Gasteiger partial charge < -0.3 is 9.84 Å². The Morgan fingerprint density at radius 1 is 1.29 bits per heavy atom. The van der Waals surface area contributed by atoms with Gasteiger partial charge >= 0.3 is 0 Å². The van der Waals surface area contributed by atoms with E-state index in [0.717, 1.165) is 0 Å². The molecule has 0 saturated carbocycles. The van der Waals surface area contributed by atoms with E-state index in [1.54, 1.807) is 30.6 Å². The third-order valence-corrected chi connectivity index (χ3v) is 2.46. The monoisotopic (exact) mass is 233 g/mol. The van der Waals surface area contributed by atoms with Crippen LogP contribution in [0.1, 0.15) is 5.56 Å². The van der Waals surface area contributed by atoms with Gasteiger partial charge in [-0.3, -0.25) is 4.98 Å². The third-order valence-electron chi connectivity index (χ3n) is 2.46. The second-order valence-corrected chi connectivity index (χ2v) is 3.59. The molecule has 0 saturated heterocycles. The van der Waals surface area contributed by atoms with Crippen LogP contribution in [0.3, 0.4) is 0 Å². The number of aliphatic hydroxyl groups excluding tert-OH is 1. The van der Waals surface area contributed by atoms with Gasteiger partial charge in [0.2, 0.25) is 0 Å². The van der Waals surface area contributed by atoms with Crippen LogP contribution in [0, 0.1) is 5.82 Å². The number of hydrogen-bond donors (Lipinski definition) is 1. The van der Waals surface area contributed by atoms with Gasteiger partial charge in [-0.2, -0.15) is 0 Å². The highest BCUT2D eigenvalue weighted by Crippen LogP contribution is 2.26. The van der Waals surface area contributed by atoms with Crippen LogP contribution in [-0.2, 0) is 6.61 Å². The number of pyridine rings is 1. The van der Waals surface area contributed by atoms with Gasteiger partial charge in [0.1, 0.15) is 11.6 Å². The Balaban J connectivity index is 2.50. The van der Waals surface area contributed by atoms with Crippen LogP contribution in [0.25, 0.3) is 11.1 Å². The van der Waals surface area contributed by atoms with Crippen LogP contribution >= 0.6 is 0 Å². The average molecular weight is 233 g/mol. The van der Waals surface area contributed by atoms with Crippen LogP contribution in [0.2, 0.25) is 0 Å². The zero-order valence-corrected chi connectivity index (χ0v) is 9.35. The fourth-order valence-corrected chi connectivity index (χ4v) is 1.57. The van der Waals surface area contributed by atoms with Gasteiger partial charge in [0.05, 0.1) is 13.7 Å². The Bertz CT molecular complexity index is 529. The number of nitrogens with zero attached hydrogens (tertiary/aromatic N) is 1. The molecular formula is C13H12FNO2. The standard InChI is InChI=1S/C13H12FNO2/c1-17-11-2-3-13(14)12(5-11)10-4-9(8-16)6-15-7-10/h2-7,16H,8H2,1H3. The average Bonchev–Trinajstić information content (AvgIpc) is 2.39. The molecule has 4 heteroatoms. The van der Waals surface area contributed by atoms with Crippen molar-refractivity contribution in [2.75, 3.05) is 7.11 Å². The molecule has 0 radical (unpaired) electrons. The normalized spacial score (nSPS) is 10.3. The maximum absolute atomic E-state index is 13.7. The lowest BCUT2D eigenvalue weighted by Gasteiger charge is -2.07. The van der Waals surface area contributed by atoms with Crippen molar-refractivity contribution in [3.8, 4) is 16.9 Å². The lowest BCUT2D eigenvalue weighted by Crippen LogP contribution is -1.91. The lowest BCUT2D eigenvalue weighted by atomic mass is 10.1. The molecule has 0 atom stereocenters. The Morgan fingerprint density at radius 2 is 2.12 bits per heavy atom. The first-order valence-corrected chi connectivity index (χ1v) is 5.13. The summed E-state index contributed by atoms with van der Waals surface area (Å²) in [6.07, 6.45) is 3.10. The summed E-state index contributed by atoms with van der Waals surface area (Å²) in [6, 6.07) is 6.21. The van der Waals surface area contributed by atoms with Crippen molar-refractivity contribution in [1.82, 2.24) is 4.98 Å². The Kier molecular flexibility index (Phi) is 3.35. The van der Waals surface area contributed by atoms with E-state index in [1.807, 2.05) is 0 Å². The minimum atomic E-state index is -0.345. The zero-order valence-electron chi connectivity index (χ0n) is 9.35. The number of benzene rings is 1. The van der Waals surface area contributed by atoms with Crippen LogP contribution in [-0.4, -0.2) is 17.2 Å². The molecule has 0 aliphatic heterocycles. The van der Waals surface area contributed by atoms with E-state index in [4.69, 9.17) is 9.84 Å². The molecule has 0 unspecified atom stereocenters. The molecule has 3 nitrogen and oxygen atoms in total. The highest BCUT2D eigenvalue weighted by Gasteiger charge is 2.07. The SMILES string of the molecule is COc1ccc(F)c(-c2cncc(CO)c2)c1. The highest BCUT2D eigenvalue weighted by molar-refractivity contribution is 5.65. The second kappa shape index (κ2) is 4.93. The van der Waals surface area contributed by atoms with Crippen molar-refractivity contribution in [1.29, 1.82) is 0 Å². The van der Waals surface area contributed by atoms with Gasteiger partial charge in [-0.25, -0.2) is 4.39 Å². The summed E-state index contributed by atoms with van der Waals surface area (Å²) < 4.78 is 18.7. The second-order valence-electron chi connectivity index (χ2n) is 3.59. The van der Waals surface area contributed by atoms with E-state index in [2.05, 4.69) is 4.98 Å². The van der Waals surface area contributed by atoms with Crippen LogP contribution in [0.5, 0.6) is 5.75 Å². The molecule has 0 fully saturated rings. The number of halogens is 1. The molecule has 2 rings (SSSR count). The Hall–Kier alpha value is -1.94. The summed E-state index contributed by atoms with van der Waals surface area (Å²) in [5, 5.41) is 9.02. The van der Waals surface area contributed by atoms with E-state index in [9.17, 15) is 4.39 Å². The number of hydrogen-bond acceptors (Lipinski definition) is 3. The molecule has 1 aromatic heterocycles. The predicted molar refractivity (Wildman–Crippen MR) is 62.1 cm³/mol. The fourth-order valence-electron chi connectivity index (χ4n) is 1.57. The molecule has 17 heavy (non-hydrogen) atoms. The van der Waals surface area contributed by atoms with E-state index >= 15 is 0 Å². The van der Waals surface area contributed by atoms with Gasteiger partial charge in [0.25, 0.3) is 0 Å². The highest BCUT2D eigenvalue weighted by atomic mass is 19.1. The van der Waals surface area contributed by atoms with Gasteiger partial charge in [-0.1, -0.05) is 0 Å². The van der Waals surface area contributed by atoms with Gasteiger partial charge in [0.15, 0.2) is 0 Å². The predicted octanol–water partition coefficient (Wildman–Crippen LogP) is 2.39. The molecule has 88 valence electrons. The summed E-state index contributed by atoms with van der Waals surface area (Å²) in [5.74, 6) is 0.235. The number of ether oxygens (including phenoxy) is 1. The van der Waals surface area contributed by atoms with Gasteiger partial charge in [0, 0.05) is 23.5 Å². The van der Waals surface area contributed by atoms with Crippen molar-refractivity contribution in [3.05, 3.63) is 48.0 Å². The van der Waals surface area contributed by atoms with Crippen molar-refractivity contribution >= 4 is 0 Å². The summed E-state index contributed by atoms with van der Waals surface area (Å²) in [7, 11) is 1.53. The smallest absolute Gasteiger partial charge is 0.131 e. The van der Waals surface area contributed by atoms with Crippen LogP contribution < -0.4 is 4.74 Å². The molecule has 0 aliphatic rings. The third kappa shape index (κ3) is 2.42. The number of rotatable bonds is 3. The Morgan fingerprint density at radius 3 is 2.82 bits per heavy atom. The summed E-state index contributed by atoms with van der Waals surface area (Å²) >= 11 is 0. The van der Waals surface area contributed by atoms with Crippen LogP contribution in [0.15, 0.2) is 36.7 Å². The topological polar surface area (TPSA) is 42.4 Å². The molecule has 0 spiro atoms. The van der Waals surface area contributed by atoms with Gasteiger partial charge in [-0.15, -0.1) is 0 Å². The molecule has 1 N–H and O–H groups in total. The largest absolute Gasteiger partial charge is 0.497 e. The maximum atomic E-state index is 13.7. The van der Waals surface area contributed by atoms with E-state index in [0.29, 0.717) is 22.4 Å². The molecule has 0 bridgehead atoms. The molecule has 0 aliphatic carbocycles. The minimum absolute atomic E-state index is 0.119. The molecular weight excluding hydrogens is 221 g/mol. The van der Waals surface area contributed by atoms with E-state index < -0.39 is 0 Å². The molecule has 1 aromatic carbocycles. The summed E-state index contributed by atoms with van der Waals surface area (Å²) in [6.45, 7) is -0.119. The maximum Gasteiger partial charge on any atom is 0.131 e. The van der Waals surface area contributed by atoms with Crippen molar-refractivity contribution in [2.45, 2.75) is 6.61 Å². The first kappa shape index (κ1) is 11.5. The van der Waals surface area contributed by atoms with E-state index in [1.165, 1.54) is 13.2 Å². The zero-order chi connectivity index (χ0) is 12.3. The van der Waals surface area contributed by atoms with Crippen molar-refractivity contribution in [3.63, 3.8) is 0 Å². The van der Waals surface area contributed by atoms with Crippen LogP contribution in [0.4, 0.5) is 4.39 Å². The molecule has 1 heterocycles. The fraction of sp³-hybridized carbons (Fsp3) is 0.154. The quantitative estimate of drug-likeness (QED) is 0.885. The minimum Gasteiger partial charge on any atom is -0.497 e. The lowest BCUT2D eigenvalue weighted by molar-refractivity contribution is 0.281. The molecule has 2 aromatic rings.